The number of carbonyl (C=O) groups is 1. The Morgan fingerprint density at radius 1 is 1.27 bits per heavy atom. The van der Waals surface area contributed by atoms with Crippen molar-refractivity contribution >= 4 is 16.0 Å². The van der Waals surface area contributed by atoms with Crippen molar-refractivity contribution in [2.24, 2.45) is 5.92 Å². The van der Waals surface area contributed by atoms with Gasteiger partial charge in [-0.05, 0) is 56.2 Å². The van der Waals surface area contributed by atoms with E-state index >= 15 is 0 Å². The van der Waals surface area contributed by atoms with Crippen LogP contribution >= 0.6 is 0 Å². The molecule has 0 radical (unpaired) electrons. The van der Waals surface area contributed by atoms with Crippen molar-refractivity contribution in [2.45, 2.75) is 49.6 Å². The highest BCUT2D eigenvalue weighted by molar-refractivity contribution is 7.89. The lowest BCUT2D eigenvalue weighted by atomic mass is 9.86. The number of sulfonamides is 1. The molecule has 1 aromatic rings. The molecule has 2 saturated carbocycles. The van der Waals surface area contributed by atoms with Gasteiger partial charge in [0.2, 0.25) is 10.0 Å². The molecule has 3 rings (SSSR count). The number of nitrogens with one attached hydrogen (secondary N) is 1. The van der Waals surface area contributed by atoms with E-state index in [1.165, 1.54) is 6.92 Å². The van der Waals surface area contributed by atoms with Crippen LogP contribution in [0.3, 0.4) is 0 Å². The predicted molar refractivity (Wildman–Crippen MR) is 90.2 cm³/mol. The van der Waals surface area contributed by atoms with Crippen molar-refractivity contribution in [3.8, 4) is 0 Å². The third kappa shape index (κ3) is 4.39. The highest BCUT2D eigenvalue weighted by atomic mass is 32.2. The fourth-order valence-corrected chi connectivity index (χ4v) is 4.58. The van der Waals surface area contributed by atoms with Gasteiger partial charge in [0.05, 0.1) is 6.54 Å². The Labute approximate surface area is 151 Å². The second kappa shape index (κ2) is 7.21. The Morgan fingerprint density at radius 3 is 2.50 bits per heavy atom. The summed E-state index contributed by atoms with van der Waals surface area (Å²) < 4.78 is 54.6. The van der Waals surface area contributed by atoms with E-state index in [-0.39, 0.29) is 18.2 Å². The number of aliphatic carboxylic acids is 1. The fourth-order valence-electron chi connectivity index (χ4n) is 3.25. The van der Waals surface area contributed by atoms with Crippen LogP contribution < -0.4 is 4.72 Å². The summed E-state index contributed by atoms with van der Waals surface area (Å²) in [6, 6.07) is 1.12. The number of halogens is 2. The topological polar surface area (TPSA) is 86.7 Å². The Hall–Kier alpha value is -1.58. The molecule has 9 heteroatoms. The number of aryl methyl sites for hydroxylation is 1. The normalized spacial score (nSPS) is 23.1. The molecule has 0 bridgehead atoms. The Balaban J connectivity index is 1.62. The summed E-state index contributed by atoms with van der Waals surface area (Å²) >= 11 is 0. The van der Waals surface area contributed by atoms with Gasteiger partial charge in [0, 0.05) is 18.6 Å². The van der Waals surface area contributed by atoms with E-state index < -0.39 is 38.6 Å². The van der Waals surface area contributed by atoms with E-state index in [1.807, 2.05) is 4.90 Å². The molecule has 0 heterocycles. The number of nitrogens with zero attached hydrogens (tertiary/aromatic N) is 1. The zero-order chi connectivity index (χ0) is 19.1. The van der Waals surface area contributed by atoms with Crippen molar-refractivity contribution in [1.29, 1.82) is 0 Å². The molecular formula is C17H22F2N2O4S. The van der Waals surface area contributed by atoms with Gasteiger partial charge in [0.1, 0.15) is 16.5 Å². The molecule has 26 heavy (non-hydrogen) atoms. The molecule has 1 aromatic carbocycles. The number of benzene rings is 1. The van der Waals surface area contributed by atoms with Gasteiger partial charge in [-0.25, -0.2) is 21.9 Å². The summed E-state index contributed by atoms with van der Waals surface area (Å²) in [4.78, 5) is 12.2. The minimum absolute atomic E-state index is 0.0148. The molecule has 0 aliphatic heterocycles. The summed E-state index contributed by atoms with van der Waals surface area (Å²) in [6.07, 6.45) is 3.10. The third-order valence-electron chi connectivity index (χ3n) is 4.98. The number of carboxylic acid groups (broad SMARTS) is 1. The maximum Gasteiger partial charge on any atom is 0.317 e. The molecule has 2 aliphatic carbocycles. The smallest absolute Gasteiger partial charge is 0.317 e. The highest BCUT2D eigenvalue weighted by Crippen LogP contribution is 2.34. The maximum absolute atomic E-state index is 13.9. The molecule has 0 aromatic heterocycles. The van der Waals surface area contributed by atoms with Gasteiger partial charge in [-0.3, -0.25) is 9.69 Å². The summed E-state index contributed by atoms with van der Waals surface area (Å²) in [5, 5.41) is 9.04. The zero-order valence-corrected chi connectivity index (χ0v) is 15.2. The molecule has 2 aliphatic rings. The predicted octanol–water partition coefficient (Wildman–Crippen LogP) is 1.88. The SMILES string of the molecule is Cc1cc(F)c(S(=O)(=O)NC2CC(N(CC(=O)O)CC3CC3)C2)cc1F. The quantitative estimate of drug-likeness (QED) is 0.710. The Kier molecular flexibility index (Phi) is 5.32. The van der Waals surface area contributed by atoms with Crippen LogP contribution in [0.4, 0.5) is 8.78 Å². The molecule has 0 unspecified atom stereocenters. The molecule has 2 fully saturated rings. The minimum atomic E-state index is -4.17. The van der Waals surface area contributed by atoms with Crippen LogP contribution in [0.25, 0.3) is 0 Å². The van der Waals surface area contributed by atoms with E-state index in [0.29, 0.717) is 31.4 Å². The van der Waals surface area contributed by atoms with Crippen LogP contribution in [0.15, 0.2) is 17.0 Å². The van der Waals surface area contributed by atoms with Gasteiger partial charge < -0.3 is 5.11 Å². The van der Waals surface area contributed by atoms with Crippen LogP contribution in [0.5, 0.6) is 0 Å². The van der Waals surface area contributed by atoms with Gasteiger partial charge in [-0.1, -0.05) is 0 Å². The van der Waals surface area contributed by atoms with E-state index in [1.54, 1.807) is 0 Å². The molecule has 0 saturated heterocycles. The summed E-state index contributed by atoms with van der Waals surface area (Å²) in [6.45, 7) is 1.99. The Bertz CT molecular complexity index is 805. The first-order chi connectivity index (χ1) is 12.2. The first-order valence-corrected chi connectivity index (χ1v) is 10.1. The van der Waals surface area contributed by atoms with Gasteiger partial charge in [-0.2, -0.15) is 0 Å². The summed E-state index contributed by atoms with van der Waals surface area (Å²) in [5.74, 6) is -2.16. The Morgan fingerprint density at radius 2 is 1.92 bits per heavy atom. The maximum atomic E-state index is 13.9. The van der Waals surface area contributed by atoms with Crippen LogP contribution in [-0.2, 0) is 14.8 Å². The number of hydrogen-bond donors (Lipinski definition) is 2. The first-order valence-electron chi connectivity index (χ1n) is 8.59. The minimum Gasteiger partial charge on any atom is -0.480 e. The zero-order valence-electron chi connectivity index (χ0n) is 14.4. The van der Waals surface area contributed by atoms with Gasteiger partial charge in [-0.15, -0.1) is 0 Å². The average molecular weight is 388 g/mol. The monoisotopic (exact) mass is 388 g/mol. The standard InChI is InChI=1S/C17H22F2N2O4S/c1-10-4-15(19)16(7-14(10)18)26(24,25)20-12-5-13(6-12)21(9-17(22)23)8-11-2-3-11/h4,7,11-13,20H,2-3,5-6,8-9H2,1H3,(H,22,23). The molecule has 0 amide bonds. The largest absolute Gasteiger partial charge is 0.480 e. The van der Waals surface area contributed by atoms with Crippen molar-refractivity contribution in [3.63, 3.8) is 0 Å². The molecule has 0 atom stereocenters. The summed E-state index contributed by atoms with van der Waals surface area (Å²) in [5.41, 5.74) is 0.0366. The lowest BCUT2D eigenvalue weighted by Crippen LogP contribution is -2.55. The average Bonchev–Trinajstić information content (AvgIpc) is 3.29. The number of carboxylic acids is 1. The van der Waals surface area contributed by atoms with E-state index in [0.717, 1.165) is 18.9 Å². The van der Waals surface area contributed by atoms with Crippen molar-refractivity contribution in [2.75, 3.05) is 13.1 Å². The third-order valence-corrected chi connectivity index (χ3v) is 6.52. The summed E-state index contributed by atoms with van der Waals surface area (Å²) in [7, 11) is -4.17. The van der Waals surface area contributed by atoms with Gasteiger partial charge in [0.25, 0.3) is 0 Å². The lowest BCUT2D eigenvalue weighted by Gasteiger charge is -2.42. The second-order valence-corrected chi connectivity index (χ2v) is 8.92. The van der Waals surface area contributed by atoms with Crippen LogP contribution in [0.2, 0.25) is 0 Å². The lowest BCUT2D eigenvalue weighted by molar-refractivity contribution is -0.139. The molecule has 0 spiro atoms. The van der Waals surface area contributed by atoms with Crippen LogP contribution in [-0.4, -0.2) is 49.6 Å². The molecule has 2 N–H and O–H groups in total. The molecular weight excluding hydrogens is 366 g/mol. The van der Waals surface area contributed by atoms with Crippen molar-refractivity contribution < 1.29 is 27.1 Å². The molecule has 144 valence electrons. The van der Waals surface area contributed by atoms with Gasteiger partial charge >= 0.3 is 5.97 Å². The van der Waals surface area contributed by atoms with E-state index in [9.17, 15) is 22.0 Å². The van der Waals surface area contributed by atoms with Gasteiger partial charge in [0.15, 0.2) is 0 Å². The van der Waals surface area contributed by atoms with Crippen molar-refractivity contribution in [3.05, 3.63) is 29.3 Å². The van der Waals surface area contributed by atoms with E-state index in [4.69, 9.17) is 5.11 Å². The van der Waals surface area contributed by atoms with Crippen LogP contribution in [0.1, 0.15) is 31.2 Å². The number of hydrogen-bond acceptors (Lipinski definition) is 4. The fraction of sp³-hybridized carbons (Fsp3) is 0.588. The first kappa shape index (κ1) is 19.2. The van der Waals surface area contributed by atoms with Crippen molar-refractivity contribution in [1.82, 2.24) is 9.62 Å². The van der Waals surface area contributed by atoms with Crippen LogP contribution in [0, 0.1) is 24.5 Å². The highest BCUT2D eigenvalue weighted by Gasteiger charge is 2.39. The number of rotatable bonds is 8. The molecule has 6 nitrogen and oxygen atoms in total. The second-order valence-electron chi connectivity index (χ2n) is 7.24. The van der Waals surface area contributed by atoms with E-state index in [2.05, 4.69) is 4.72 Å².